The molecule has 0 amide bonds. The molecule has 0 atom stereocenters. The van der Waals surface area contributed by atoms with Crippen molar-refractivity contribution in [2.45, 2.75) is 13.5 Å². The average Bonchev–Trinajstić information content (AvgIpc) is 2.48. The average molecular weight is 325 g/mol. The Balaban J connectivity index is 2.20. The van der Waals surface area contributed by atoms with E-state index in [1.165, 1.54) is 14.0 Å². The molecule has 110 valence electrons. The Hall–Kier alpha value is -1.71. The second-order valence-electron chi connectivity index (χ2n) is 4.42. The van der Waals surface area contributed by atoms with Crippen molar-refractivity contribution in [1.29, 1.82) is 0 Å². The molecular formula is C16H14Cl2O3. The van der Waals surface area contributed by atoms with Crippen LogP contribution in [0.15, 0.2) is 36.4 Å². The molecule has 3 nitrogen and oxygen atoms in total. The van der Waals surface area contributed by atoms with Gasteiger partial charge in [-0.2, -0.15) is 0 Å². The fourth-order valence-electron chi connectivity index (χ4n) is 1.82. The van der Waals surface area contributed by atoms with Crippen molar-refractivity contribution in [3.63, 3.8) is 0 Å². The number of rotatable bonds is 5. The lowest BCUT2D eigenvalue weighted by atomic mass is 10.1. The first kappa shape index (κ1) is 15.7. The summed E-state index contributed by atoms with van der Waals surface area (Å²) in [7, 11) is 1.53. The van der Waals surface area contributed by atoms with Gasteiger partial charge in [-0.05, 0) is 31.2 Å². The Morgan fingerprint density at radius 3 is 2.57 bits per heavy atom. The summed E-state index contributed by atoms with van der Waals surface area (Å²) in [5.74, 6) is 1.01. The van der Waals surface area contributed by atoms with Crippen LogP contribution >= 0.6 is 23.2 Å². The molecule has 0 N–H and O–H groups in total. The third-order valence-corrected chi connectivity index (χ3v) is 3.84. The minimum Gasteiger partial charge on any atom is -0.493 e. The van der Waals surface area contributed by atoms with E-state index < -0.39 is 0 Å². The van der Waals surface area contributed by atoms with E-state index in [2.05, 4.69) is 0 Å². The van der Waals surface area contributed by atoms with E-state index in [4.69, 9.17) is 32.7 Å². The first-order valence-electron chi connectivity index (χ1n) is 6.27. The highest BCUT2D eigenvalue weighted by molar-refractivity contribution is 6.42. The van der Waals surface area contributed by atoms with E-state index >= 15 is 0 Å². The Labute approximate surface area is 133 Å². The van der Waals surface area contributed by atoms with Gasteiger partial charge in [0.25, 0.3) is 0 Å². The number of hydrogen-bond acceptors (Lipinski definition) is 3. The number of Topliss-reactive ketones (excluding diaryl/α,β-unsaturated/α-hetero) is 1. The summed E-state index contributed by atoms with van der Waals surface area (Å²) in [6.07, 6.45) is 0. The maximum Gasteiger partial charge on any atom is 0.161 e. The Kier molecular flexibility index (Phi) is 5.10. The van der Waals surface area contributed by atoms with Gasteiger partial charge in [-0.25, -0.2) is 0 Å². The summed E-state index contributed by atoms with van der Waals surface area (Å²) in [4.78, 5) is 11.4. The normalized spacial score (nSPS) is 10.3. The van der Waals surface area contributed by atoms with Gasteiger partial charge < -0.3 is 9.47 Å². The molecule has 2 aromatic rings. The molecule has 0 saturated carbocycles. The van der Waals surface area contributed by atoms with Crippen molar-refractivity contribution >= 4 is 29.0 Å². The molecule has 21 heavy (non-hydrogen) atoms. The van der Waals surface area contributed by atoms with E-state index in [1.54, 1.807) is 24.3 Å². The third-order valence-electron chi connectivity index (χ3n) is 2.98. The lowest BCUT2D eigenvalue weighted by Gasteiger charge is -2.12. The van der Waals surface area contributed by atoms with Gasteiger partial charge in [-0.3, -0.25) is 4.79 Å². The van der Waals surface area contributed by atoms with Crippen molar-refractivity contribution in [3.8, 4) is 11.5 Å². The number of ketones is 1. The van der Waals surface area contributed by atoms with Crippen LogP contribution in [0, 0.1) is 0 Å². The Bertz CT molecular complexity index is 669. The Morgan fingerprint density at radius 1 is 1.14 bits per heavy atom. The van der Waals surface area contributed by atoms with Gasteiger partial charge in [0.2, 0.25) is 0 Å². The van der Waals surface area contributed by atoms with E-state index in [0.717, 1.165) is 5.56 Å². The number of ether oxygens (including phenoxy) is 2. The lowest BCUT2D eigenvalue weighted by Crippen LogP contribution is -2.00. The van der Waals surface area contributed by atoms with E-state index in [-0.39, 0.29) is 12.4 Å². The van der Waals surface area contributed by atoms with Crippen molar-refractivity contribution < 1.29 is 14.3 Å². The summed E-state index contributed by atoms with van der Waals surface area (Å²) in [5, 5.41) is 0.954. The minimum absolute atomic E-state index is 0.0299. The summed E-state index contributed by atoms with van der Waals surface area (Å²) < 4.78 is 10.9. The zero-order chi connectivity index (χ0) is 15.4. The molecule has 0 heterocycles. The molecule has 0 fully saturated rings. The quantitative estimate of drug-likeness (QED) is 0.742. The van der Waals surface area contributed by atoms with Crippen LogP contribution in [0.2, 0.25) is 10.0 Å². The van der Waals surface area contributed by atoms with E-state index in [1.807, 2.05) is 12.1 Å². The van der Waals surface area contributed by atoms with Crippen LogP contribution in [0.5, 0.6) is 11.5 Å². The van der Waals surface area contributed by atoms with Crippen molar-refractivity contribution in [2.75, 3.05) is 7.11 Å². The zero-order valence-corrected chi connectivity index (χ0v) is 13.2. The molecule has 5 heteroatoms. The first-order valence-corrected chi connectivity index (χ1v) is 7.03. The minimum atomic E-state index is -0.0299. The van der Waals surface area contributed by atoms with Crippen molar-refractivity contribution in [2.24, 2.45) is 0 Å². The van der Waals surface area contributed by atoms with E-state index in [0.29, 0.717) is 27.1 Å². The third kappa shape index (κ3) is 3.69. The van der Waals surface area contributed by atoms with Crippen LogP contribution in [-0.2, 0) is 6.61 Å². The summed E-state index contributed by atoms with van der Waals surface area (Å²) >= 11 is 12.1. The van der Waals surface area contributed by atoms with E-state index in [9.17, 15) is 4.79 Å². The largest absolute Gasteiger partial charge is 0.493 e. The number of halogens is 2. The first-order chi connectivity index (χ1) is 10.0. The molecular weight excluding hydrogens is 311 g/mol. The molecule has 0 radical (unpaired) electrons. The predicted molar refractivity (Wildman–Crippen MR) is 83.8 cm³/mol. The van der Waals surface area contributed by atoms with Gasteiger partial charge in [0.05, 0.1) is 17.2 Å². The van der Waals surface area contributed by atoms with Crippen LogP contribution in [-0.4, -0.2) is 12.9 Å². The lowest BCUT2D eigenvalue weighted by molar-refractivity contribution is 0.101. The number of carbonyl (C=O) groups excluding carboxylic acids is 1. The second-order valence-corrected chi connectivity index (χ2v) is 5.21. The standard InChI is InChI=1S/C16H14Cl2O3/c1-10(19)11-6-7-14(15(8-11)20-2)21-9-12-4-3-5-13(17)16(12)18/h3-8H,9H2,1-2H3. The smallest absolute Gasteiger partial charge is 0.161 e. The highest BCUT2D eigenvalue weighted by Crippen LogP contribution is 2.31. The molecule has 2 aromatic carbocycles. The number of methoxy groups -OCH3 is 1. The molecule has 0 aliphatic rings. The maximum atomic E-state index is 11.4. The number of hydrogen-bond donors (Lipinski definition) is 0. The highest BCUT2D eigenvalue weighted by atomic mass is 35.5. The van der Waals surface area contributed by atoms with Crippen LogP contribution in [0.4, 0.5) is 0 Å². The fourth-order valence-corrected chi connectivity index (χ4v) is 2.20. The molecule has 0 bridgehead atoms. The van der Waals surface area contributed by atoms with Gasteiger partial charge >= 0.3 is 0 Å². The van der Waals surface area contributed by atoms with Gasteiger partial charge in [-0.1, -0.05) is 35.3 Å². The zero-order valence-electron chi connectivity index (χ0n) is 11.7. The monoisotopic (exact) mass is 324 g/mol. The van der Waals surface area contributed by atoms with Gasteiger partial charge in [-0.15, -0.1) is 0 Å². The number of benzene rings is 2. The van der Waals surface area contributed by atoms with Crippen molar-refractivity contribution in [3.05, 3.63) is 57.6 Å². The molecule has 0 unspecified atom stereocenters. The molecule has 0 saturated heterocycles. The highest BCUT2D eigenvalue weighted by Gasteiger charge is 2.10. The SMILES string of the molecule is COc1cc(C(C)=O)ccc1OCc1cccc(Cl)c1Cl. The van der Waals surface area contributed by atoms with Gasteiger partial charge in [0.1, 0.15) is 6.61 Å². The second kappa shape index (κ2) is 6.83. The topological polar surface area (TPSA) is 35.5 Å². The van der Waals surface area contributed by atoms with Crippen molar-refractivity contribution in [1.82, 2.24) is 0 Å². The summed E-state index contributed by atoms with van der Waals surface area (Å²) in [5.41, 5.74) is 1.35. The molecule has 0 aliphatic carbocycles. The van der Waals surface area contributed by atoms with Gasteiger partial charge in [0, 0.05) is 11.1 Å². The molecule has 0 spiro atoms. The summed E-state index contributed by atoms with van der Waals surface area (Å²) in [6, 6.07) is 10.4. The van der Waals surface area contributed by atoms with Gasteiger partial charge in [0.15, 0.2) is 17.3 Å². The molecule has 0 aliphatic heterocycles. The Morgan fingerprint density at radius 2 is 1.90 bits per heavy atom. The van der Waals surface area contributed by atoms with Crippen LogP contribution < -0.4 is 9.47 Å². The van der Waals surface area contributed by atoms with Crippen LogP contribution in [0.3, 0.4) is 0 Å². The molecule has 2 rings (SSSR count). The fraction of sp³-hybridized carbons (Fsp3) is 0.188. The molecule has 0 aromatic heterocycles. The van der Waals surface area contributed by atoms with Crippen LogP contribution in [0.1, 0.15) is 22.8 Å². The number of carbonyl (C=O) groups is 1. The maximum absolute atomic E-state index is 11.4. The predicted octanol–water partition coefficient (Wildman–Crippen LogP) is 4.78. The van der Waals surface area contributed by atoms with Crippen LogP contribution in [0.25, 0.3) is 0 Å². The summed E-state index contributed by atoms with van der Waals surface area (Å²) in [6.45, 7) is 1.76.